The summed E-state index contributed by atoms with van der Waals surface area (Å²) < 4.78 is 0. The van der Waals surface area contributed by atoms with Crippen LogP contribution in [-0.2, 0) is 6.42 Å². The topological polar surface area (TPSA) is 69.7 Å². The van der Waals surface area contributed by atoms with Crippen LogP contribution in [0.15, 0.2) is 43.0 Å². The summed E-state index contributed by atoms with van der Waals surface area (Å²) in [5.74, 6) is 1.77. The SMILES string of the molecule is c1ccc(CC2CCNC3(CCN(c4ncnc5nc[nH]c45)CC3)C2)cc1. The molecule has 2 N–H and O–H groups in total. The lowest BCUT2D eigenvalue weighted by Gasteiger charge is -2.47. The highest BCUT2D eigenvalue weighted by molar-refractivity contribution is 5.82. The molecule has 0 saturated carbocycles. The van der Waals surface area contributed by atoms with E-state index in [1.165, 1.54) is 24.8 Å². The summed E-state index contributed by atoms with van der Waals surface area (Å²) in [6.45, 7) is 3.18. The average Bonchev–Trinajstić information content (AvgIpc) is 3.19. The molecule has 1 unspecified atom stereocenters. The minimum absolute atomic E-state index is 0.286. The minimum atomic E-state index is 0.286. The third kappa shape index (κ3) is 3.30. The Morgan fingerprint density at radius 2 is 1.93 bits per heavy atom. The van der Waals surface area contributed by atoms with Crippen LogP contribution in [0.1, 0.15) is 31.2 Å². The van der Waals surface area contributed by atoms with Crippen LogP contribution in [0.4, 0.5) is 5.82 Å². The maximum Gasteiger partial charge on any atom is 0.182 e. The molecule has 2 fully saturated rings. The number of aromatic amines is 1. The molecule has 3 aromatic rings. The Kier molecular flexibility index (Phi) is 4.28. The lowest BCUT2D eigenvalue weighted by Crippen LogP contribution is -2.57. The van der Waals surface area contributed by atoms with E-state index in [4.69, 9.17) is 0 Å². The Hall–Kier alpha value is -2.47. The number of H-pyrrole nitrogens is 1. The van der Waals surface area contributed by atoms with Gasteiger partial charge in [-0.3, -0.25) is 0 Å². The lowest BCUT2D eigenvalue weighted by molar-refractivity contribution is 0.159. The van der Waals surface area contributed by atoms with Gasteiger partial charge in [-0.15, -0.1) is 0 Å². The van der Waals surface area contributed by atoms with Crippen molar-refractivity contribution in [2.24, 2.45) is 5.92 Å². The van der Waals surface area contributed by atoms with Crippen LogP contribution < -0.4 is 10.2 Å². The zero-order valence-electron chi connectivity index (χ0n) is 15.6. The van der Waals surface area contributed by atoms with Gasteiger partial charge in [0.1, 0.15) is 11.8 Å². The van der Waals surface area contributed by atoms with Gasteiger partial charge in [-0.05, 0) is 50.1 Å². The molecule has 0 radical (unpaired) electrons. The molecule has 0 aliphatic carbocycles. The summed E-state index contributed by atoms with van der Waals surface area (Å²) in [5, 5.41) is 3.87. The third-order valence-electron chi connectivity index (χ3n) is 6.32. The first kappa shape index (κ1) is 16.7. The average molecular weight is 362 g/mol. The summed E-state index contributed by atoms with van der Waals surface area (Å²) >= 11 is 0. The summed E-state index contributed by atoms with van der Waals surface area (Å²) in [6.07, 6.45) is 9.41. The van der Waals surface area contributed by atoms with Gasteiger partial charge >= 0.3 is 0 Å². The lowest BCUT2D eigenvalue weighted by atomic mass is 9.74. The molecule has 6 heteroatoms. The van der Waals surface area contributed by atoms with E-state index in [0.29, 0.717) is 0 Å². The molecule has 2 aliphatic rings. The van der Waals surface area contributed by atoms with Crippen LogP contribution in [-0.4, -0.2) is 45.1 Å². The molecular formula is C21H26N6. The van der Waals surface area contributed by atoms with E-state index in [1.807, 2.05) is 0 Å². The van der Waals surface area contributed by atoms with E-state index < -0.39 is 0 Å². The van der Waals surface area contributed by atoms with Crippen molar-refractivity contribution in [1.29, 1.82) is 0 Å². The number of nitrogens with one attached hydrogen (secondary N) is 2. The second-order valence-electron chi connectivity index (χ2n) is 8.04. The summed E-state index contributed by atoms with van der Waals surface area (Å²) in [5.41, 5.74) is 3.46. The van der Waals surface area contributed by atoms with Gasteiger partial charge in [-0.2, -0.15) is 0 Å². The van der Waals surface area contributed by atoms with Crippen LogP contribution in [0.3, 0.4) is 0 Å². The predicted octanol–water partition coefficient (Wildman–Crippen LogP) is 2.93. The number of fused-ring (bicyclic) bond motifs is 1. The van der Waals surface area contributed by atoms with Crippen molar-refractivity contribution in [3.8, 4) is 0 Å². The monoisotopic (exact) mass is 362 g/mol. The molecule has 0 amide bonds. The van der Waals surface area contributed by atoms with Crippen molar-refractivity contribution in [1.82, 2.24) is 25.3 Å². The van der Waals surface area contributed by atoms with Crippen molar-refractivity contribution in [2.45, 2.75) is 37.6 Å². The molecular weight excluding hydrogens is 336 g/mol. The van der Waals surface area contributed by atoms with Crippen LogP contribution in [0, 0.1) is 5.92 Å². The van der Waals surface area contributed by atoms with Gasteiger partial charge in [0, 0.05) is 18.6 Å². The van der Waals surface area contributed by atoms with Gasteiger partial charge in [0.25, 0.3) is 0 Å². The molecule has 1 aromatic carbocycles. The van der Waals surface area contributed by atoms with Gasteiger partial charge in [-0.25, -0.2) is 15.0 Å². The smallest absolute Gasteiger partial charge is 0.182 e. The maximum absolute atomic E-state index is 4.53. The highest BCUT2D eigenvalue weighted by Crippen LogP contribution is 2.36. The number of benzene rings is 1. The van der Waals surface area contributed by atoms with Gasteiger partial charge in [0.05, 0.1) is 6.33 Å². The molecule has 2 aliphatic heterocycles. The van der Waals surface area contributed by atoms with Crippen LogP contribution in [0.25, 0.3) is 11.2 Å². The number of anilines is 1. The molecule has 6 nitrogen and oxygen atoms in total. The fourth-order valence-electron chi connectivity index (χ4n) is 4.91. The van der Waals surface area contributed by atoms with Crippen molar-refractivity contribution >= 4 is 17.0 Å². The third-order valence-corrected chi connectivity index (χ3v) is 6.32. The van der Waals surface area contributed by atoms with Gasteiger partial charge in [0.15, 0.2) is 11.5 Å². The number of nitrogens with zero attached hydrogens (tertiary/aromatic N) is 4. The maximum atomic E-state index is 4.53. The van der Waals surface area contributed by atoms with Crippen molar-refractivity contribution in [3.63, 3.8) is 0 Å². The van der Waals surface area contributed by atoms with E-state index in [1.54, 1.807) is 12.7 Å². The van der Waals surface area contributed by atoms with Gasteiger partial charge in [-0.1, -0.05) is 30.3 Å². The zero-order chi connectivity index (χ0) is 18.1. The van der Waals surface area contributed by atoms with E-state index in [2.05, 4.69) is 60.5 Å². The van der Waals surface area contributed by atoms with E-state index in [9.17, 15) is 0 Å². The first-order chi connectivity index (χ1) is 13.3. The van der Waals surface area contributed by atoms with Crippen molar-refractivity contribution < 1.29 is 0 Å². The number of hydrogen-bond donors (Lipinski definition) is 2. The second-order valence-corrected chi connectivity index (χ2v) is 8.04. The molecule has 2 saturated heterocycles. The van der Waals surface area contributed by atoms with Crippen LogP contribution >= 0.6 is 0 Å². The highest BCUT2D eigenvalue weighted by Gasteiger charge is 2.39. The van der Waals surface area contributed by atoms with E-state index >= 15 is 0 Å². The molecule has 1 atom stereocenters. The van der Waals surface area contributed by atoms with Crippen LogP contribution in [0.2, 0.25) is 0 Å². The Morgan fingerprint density at radius 3 is 2.78 bits per heavy atom. The number of piperidine rings is 2. The Bertz CT molecular complexity index is 897. The highest BCUT2D eigenvalue weighted by atomic mass is 15.2. The first-order valence-corrected chi connectivity index (χ1v) is 9.99. The standard InChI is InChI=1S/C21H26N6/c1-2-4-16(5-3-1)12-17-6-9-26-21(13-17)7-10-27(11-8-21)20-18-19(23-14-22-18)24-15-25-20/h1-5,14-15,17,26H,6-13H2,(H,22,23,24,25). The second kappa shape index (κ2) is 6.93. The predicted molar refractivity (Wildman–Crippen MR) is 107 cm³/mol. The molecule has 5 rings (SSSR count). The number of hydrogen-bond acceptors (Lipinski definition) is 5. The van der Waals surface area contributed by atoms with E-state index in [0.717, 1.165) is 55.4 Å². The van der Waals surface area contributed by atoms with E-state index in [-0.39, 0.29) is 5.54 Å². The fourth-order valence-corrected chi connectivity index (χ4v) is 4.91. The normalized spacial score (nSPS) is 22.4. The van der Waals surface area contributed by atoms with Crippen molar-refractivity contribution in [2.75, 3.05) is 24.5 Å². The minimum Gasteiger partial charge on any atom is -0.355 e. The quantitative estimate of drug-likeness (QED) is 0.750. The number of aromatic nitrogens is 4. The summed E-state index contributed by atoms with van der Waals surface area (Å²) in [4.78, 5) is 18.6. The Labute approximate surface area is 159 Å². The fraction of sp³-hybridized carbons (Fsp3) is 0.476. The molecule has 1 spiro atoms. The Balaban J connectivity index is 1.27. The van der Waals surface area contributed by atoms with Crippen LogP contribution in [0.5, 0.6) is 0 Å². The number of rotatable bonds is 3. The largest absolute Gasteiger partial charge is 0.355 e. The Morgan fingerprint density at radius 1 is 1.07 bits per heavy atom. The summed E-state index contributed by atoms with van der Waals surface area (Å²) in [6, 6.07) is 10.9. The first-order valence-electron chi connectivity index (χ1n) is 9.99. The zero-order valence-corrected chi connectivity index (χ0v) is 15.6. The molecule has 27 heavy (non-hydrogen) atoms. The molecule has 140 valence electrons. The molecule has 2 aromatic heterocycles. The van der Waals surface area contributed by atoms with Gasteiger partial charge < -0.3 is 15.2 Å². The number of imidazole rings is 1. The van der Waals surface area contributed by atoms with Gasteiger partial charge in [0.2, 0.25) is 0 Å². The van der Waals surface area contributed by atoms with Crippen molar-refractivity contribution in [3.05, 3.63) is 48.5 Å². The summed E-state index contributed by atoms with van der Waals surface area (Å²) in [7, 11) is 0. The molecule has 4 heterocycles. The molecule has 0 bridgehead atoms.